The van der Waals surface area contributed by atoms with Crippen LogP contribution in [-0.4, -0.2) is 10.2 Å². The van der Waals surface area contributed by atoms with Crippen molar-refractivity contribution in [3.8, 4) is 11.5 Å². The van der Waals surface area contributed by atoms with Crippen molar-refractivity contribution in [3.63, 3.8) is 0 Å². The lowest BCUT2D eigenvalue weighted by Gasteiger charge is -2.21. The Morgan fingerprint density at radius 2 is 1.43 bits per heavy atom. The largest absolute Gasteiger partial charge is 0.419 e. The fraction of sp³-hybridized carbons (Fsp3) is 0.130. The summed E-state index contributed by atoms with van der Waals surface area (Å²) in [6.45, 7) is 2.13. The van der Waals surface area contributed by atoms with Crippen LogP contribution in [0, 0.1) is 0 Å². The van der Waals surface area contributed by atoms with Gasteiger partial charge in [-0.2, -0.15) is 0 Å². The van der Waals surface area contributed by atoms with Gasteiger partial charge in [-0.05, 0) is 42.3 Å². The Bertz CT molecular complexity index is 1020. The molecule has 1 aromatic heterocycles. The molecule has 4 aromatic rings. The van der Waals surface area contributed by atoms with E-state index in [1.165, 1.54) is 5.56 Å². The zero-order chi connectivity index (χ0) is 19.3. The van der Waals surface area contributed by atoms with E-state index in [0.29, 0.717) is 11.8 Å². The third-order valence-electron chi connectivity index (χ3n) is 4.63. The van der Waals surface area contributed by atoms with Gasteiger partial charge in [-0.1, -0.05) is 76.6 Å². The smallest absolute Gasteiger partial charge is 0.247 e. The van der Waals surface area contributed by atoms with Crippen molar-refractivity contribution in [1.29, 1.82) is 0 Å². The highest BCUT2D eigenvalue weighted by atomic mass is 79.9. The summed E-state index contributed by atoms with van der Waals surface area (Å²) in [6, 6.07) is 28.2. The molecule has 0 bridgehead atoms. The number of benzene rings is 3. The van der Waals surface area contributed by atoms with E-state index in [-0.39, 0.29) is 12.1 Å². The van der Waals surface area contributed by atoms with Crippen molar-refractivity contribution in [2.75, 3.05) is 0 Å². The van der Waals surface area contributed by atoms with Crippen LogP contribution >= 0.6 is 15.9 Å². The molecule has 2 atom stereocenters. The van der Waals surface area contributed by atoms with Gasteiger partial charge in [0.1, 0.15) is 6.04 Å². The van der Waals surface area contributed by atoms with Crippen LogP contribution in [0.3, 0.4) is 0 Å². The summed E-state index contributed by atoms with van der Waals surface area (Å²) in [5, 5.41) is 12.3. The molecule has 0 radical (unpaired) electrons. The van der Waals surface area contributed by atoms with E-state index in [9.17, 15) is 0 Å². The number of nitrogens with zero attached hydrogens (tertiary/aromatic N) is 2. The lowest BCUT2D eigenvalue weighted by atomic mass is 10.0. The van der Waals surface area contributed by atoms with Gasteiger partial charge in [0.05, 0.1) is 0 Å². The van der Waals surface area contributed by atoms with Crippen LogP contribution in [0.15, 0.2) is 93.8 Å². The van der Waals surface area contributed by atoms with Gasteiger partial charge in [-0.15, -0.1) is 10.2 Å². The Morgan fingerprint density at radius 3 is 2.11 bits per heavy atom. The van der Waals surface area contributed by atoms with Gasteiger partial charge in [0, 0.05) is 16.1 Å². The van der Waals surface area contributed by atoms with E-state index in [1.54, 1.807) is 0 Å². The molecule has 4 rings (SSSR count). The van der Waals surface area contributed by atoms with E-state index in [0.717, 1.165) is 15.6 Å². The first-order chi connectivity index (χ1) is 13.7. The maximum atomic E-state index is 6.06. The Morgan fingerprint density at radius 1 is 0.786 bits per heavy atom. The SMILES string of the molecule is CC(NC(c1ccc(Br)cc1)c1nnc(-c2ccccc2)o1)c1ccccc1. The number of halogens is 1. The molecule has 0 saturated carbocycles. The van der Waals surface area contributed by atoms with Gasteiger partial charge >= 0.3 is 0 Å². The topological polar surface area (TPSA) is 51.0 Å². The maximum absolute atomic E-state index is 6.06. The first-order valence-electron chi connectivity index (χ1n) is 9.16. The molecular weight excluding hydrogens is 414 g/mol. The summed E-state index contributed by atoms with van der Waals surface area (Å²) in [6.07, 6.45) is 0. The molecular formula is C23H20BrN3O. The average Bonchev–Trinajstić information content (AvgIpc) is 3.24. The zero-order valence-electron chi connectivity index (χ0n) is 15.4. The predicted molar refractivity (Wildman–Crippen MR) is 114 cm³/mol. The highest BCUT2D eigenvalue weighted by Gasteiger charge is 2.23. The standard InChI is InChI=1S/C23H20BrN3O/c1-16(17-8-4-2-5-9-17)25-21(18-12-14-20(24)15-13-18)23-27-26-22(28-23)19-10-6-3-7-11-19/h2-16,21,25H,1H3. The fourth-order valence-corrected chi connectivity index (χ4v) is 3.37. The third kappa shape index (κ3) is 4.21. The molecule has 2 unspecified atom stereocenters. The van der Waals surface area contributed by atoms with Crippen molar-refractivity contribution in [2.24, 2.45) is 0 Å². The van der Waals surface area contributed by atoms with Gasteiger partial charge in [0.15, 0.2) is 0 Å². The molecule has 4 nitrogen and oxygen atoms in total. The minimum atomic E-state index is -0.215. The average molecular weight is 434 g/mol. The Balaban J connectivity index is 1.67. The van der Waals surface area contributed by atoms with Gasteiger partial charge in [0.25, 0.3) is 0 Å². The summed E-state index contributed by atoms with van der Waals surface area (Å²) >= 11 is 3.50. The van der Waals surface area contributed by atoms with Gasteiger partial charge in [-0.25, -0.2) is 0 Å². The first kappa shape index (κ1) is 18.6. The molecule has 0 fully saturated rings. The van der Waals surface area contributed by atoms with Crippen molar-refractivity contribution < 1.29 is 4.42 Å². The highest BCUT2D eigenvalue weighted by Crippen LogP contribution is 2.28. The Labute approximate surface area is 172 Å². The lowest BCUT2D eigenvalue weighted by molar-refractivity contribution is 0.411. The maximum Gasteiger partial charge on any atom is 0.247 e. The number of aromatic nitrogens is 2. The van der Waals surface area contributed by atoms with E-state index in [4.69, 9.17) is 4.42 Å². The van der Waals surface area contributed by atoms with Crippen LogP contribution in [0.25, 0.3) is 11.5 Å². The zero-order valence-corrected chi connectivity index (χ0v) is 17.0. The van der Waals surface area contributed by atoms with Crippen LogP contribution in [0.2, 0.25) is 0 Å². The van der Waals surface area contributed by atoms with E-state index < -0.39 is 0 Å². The summed E-state index contributed by atoms with van der Waals surface area (Å²) in [7, 11) is 0. The van der Waals surface area contributed by atoms with Crippen LogP contribution in [0.1, 0.15) is 36.0 Å². The summed E-state index contributed by atoms with van der Waals surface area (Å²) in [5.74, 6) is 1.07. The molecule has 0 aliphatic heterocycles. The molecule has 3 aromatic carbocycles. The molecule has 1 N–H and O–H groups in total. The number of nitrogens with one attached hydrogen (secondary N) is 1. The molecule has 0 aliphatic carbocycles. The normalized spacial score (nSPS) is 13.2. The van der Waals surface area contributed by atoms with Crippen LogP contribution in [0.4, 0.5) is 0 Å². The summed E-state index contributed by atoms with van der Waals surface area (Å²) in [5.41, 5.74) is 3.17. The monoisotopic (exact) mass is 433 g/mol. The molecule has 1 heterocycles. The molecule has 0 spiro atoms. The van der Waals surface area contributed by atoms with Crippen molar-refractivity contribution in [2.45, 2.75) is 19.0 Å². The van der Waals surface area contributed by atoms with Gasteiger partial charge < -0.3 is 4.42 Å². The molecule has 28 heavy (non-hydrogen) atoms. The minimum absolute atomic E-state index is 0.113. The molecule has 140 valence electrons. The third-order valence-corrected chi connectivity index (χ3v) is 5.16. The van der Waals surface area contributed by atoms with E-state index in [1.807, 2.05) is 60.7 Å². The van der Waals surface area contributed by atoms with E-state index >= 15 is 0 Å². The van der Waals surface area contributed by atoms with Gasteiger partial charge in [0.2, 0.25) is 11.8 Å². The fourth-order valence-electron chi connectivity index (χ4n) is 3.10. The highest BCUT2D eigenvalue weighted by molar-refractivity contribution is 9.10. The van der Waals surface area contributed by atoms with Crippen LogP contribution in [-0.2, 0) is 0 Å². The van der Waals surface area contributed by atoms with E-state index in [2.05, 4.69) is 62.6 Å². The minimum Gasteiger partial charge on any atom is -0.419 e. The number of hydrogen-bond acceptors (Lipinski definition) is 4. The van der Waals surface area contributed by atoms with Crippen molar-refractivity contribution >= 4 is 15.9 Å². The molecule has 0 aliphatic rings. The second kappa shape index (κ2) is 8.50. The Kier molecular flexibility index (Phi) is 5.65. The summed E-state index contributed by atoms with van der Waals surface area (Å²) in [4.78, 5) is 0. The second-order valence-corrected chi connectivity index (χ2v) is 7.51. The van der Waals surface area contributed by atoms with Crippen molar-refractivity contribution in [1.82, 2.24) is 15.5 Å². The molecule has 0 amide bonds. The molecule has 0 saturated heterocycles. The number of hydrogen-bond donors (Lipinski definition) is 1. The number of rotatable bonds is 6. The summed E-state index contributed by atoms with van der Waals surface area (Å²) < 4.78 is 7.09. The first-order valence-corrected chi connectivity index (χ1v) is 9.95. The van der Waals surface area contributed by atoms with Crippen molar-refractivity contribution in [3.05, 3.63) is 106 Å². The van der Waals surface area contributed by atoms with Crippen LogP contribution < -0.4 is 5.32 Å². The second-order valence-electron chi connectivity index (χ2n) is 6.60. The predicted octanol–water partition coefficient (Wildman–Crippen LogP) is 5.94. The Hall–Kier alpha value is -2.76. The molecule has 5 heteroatoms. The van der Waals surface area contributed by atoms with Gasteiger partial charge in [-0.3, -0.25) is 5.32 Å². The lowest BCUT2D eigenvalue weighted by Crippen LogP contribution is -2.26. The van der Waals surface area contributed by atoms with Crippen LogP contribution in [0.5, 0.6) is 0 Å². The quantitative estimate of drug-likeness (QED) is 0.408.